The second kappa shape index (κ2) is 7.28. The topological polar surface area (TPSA) is 27.7 Å². The van der Waals surface area contributed by atoms with Crippen molar-refractivity contribution in [2.75, 3.05) is 34.0 Å². The maximum absolute atomic E-state index is 5.61. The highest BCUT2D eigenvalue weighted by Gasteiger charge is 2.01. The smallest absolute Gasteiger partial charge is 0.154 e. The van der Waals surface area contributed by atoms with Gasteiger partial charge in [-0.15, -0.1) is 0 Å². The van der Waals surface area contributed by atoms with Crippen LogP contribution in [0.3, 0.4) is 0 Å². The van der Waals surface area contributed by atoms with Crippen LogP contribution in [0.1, 0.15) is 0 Å². The Bertz CT molecular complexity index is 70.0. The lowest BCUT2D eigenvalue weighted by atomic mass is 10.7. The Labute approximate surface area is 66.2 Å². The Balaban J connectivity index is 2.97. The Hall–Kier alpha value is 0.170. The lowest BCUT2D eigenvalue weighted by Gasteiger charge is -2.08. The van der Waals surface area contributed by atoms with Crippen molar-refractivity contribution in [3.8, 4) is 0 Å². The number of methoxy groups -OCH3 is 2. The van der Waals surface area contributed by atoms with Crippen molar-refractivity contribution in [2.45, 2.75) is 5.56 Å². The maximum atomic E-state index is 5.61. The van der Waals surface area contributed by atoms with Crippen LogP contribution in [0.2, 0.25) is 0 Å². The minimum Gasteiger partial charge on any atom is -0.382 e. The molecule has 4 heteroatoms. The average Bonchev–Trinajstić information content (AvgIpc) is 1.89. The second-order valence-electron chi connectivity index (χ2n) is 1.73. The molecular weight excluding hydrogens is 156 g/mol. The highest BCUT2D eigenvalue weighted by atomic mass is 35.5. The minimum absolute atomic E-state index is 0.361. The Morgan fingerprint density at radius 2 is 1.90 bits per heavy atom. The summed E-state index contributed by atoms with van der Waals surface area (Å²) in [7, 11) is 3.19. The quantitative estimate of drug-likeness (QED) is 0.435. The zero-order valence-corrected chi connectivity index (χ0v) is 7.06. The summed E-state index contributed by atoms with van der Waals surface area (Å²) in [5.41, 5.74) is -0.361. The van der Waals surface area contributed by atoms with Gasteiger partial charge in [-0.05, 0) is 0 Å². The zero-order valence-electron chi connectivity index (χ0n) is 6.30. The highest BCUT2D eigenvalue weighted by Crippen LogP contribution is 1.97. The first-order chi connectivity index (χ1) is 4.81. The van der Waals surface area contributed by atoms with Crippen LogP contribution in [0.25, 0.3) is 0 Å². The molecule has 0 saturated carbocycles. The van der Waals surface area contributed by atoms with Crippen LogP contribution in [-0.2, 0) is 14.2 Å². The van der Waals surface area contributed by atoms with Crippen LogP contribution < -0.4 is 0 Å². The van der Waals surface area contributed by atoms with E-state index in [9.17, 15) is 0 Å². The third kappa shape index (κ3) is 6.29. The first kappa shape index (κ1) is 10.2. The molecule has 0 aliphatic carbocycles. The maximum Gasteiger partial charge on any atom is 0.154 e. The molecule has 0 aromatic heterocycles. The summed E-state index contributed by atoms with van der Waals surface area (Å²) in [6, 6.07) is 0. The van der Waals surface area contributed by atoms with Crippen molar-refractivity contribution in [2.24, 2.45) is 0 Å². The summed E-state index contributed by atoms with van der Waals surface area (Å²) in [5, 5.41) is 0. The van der Waals surface area contributed by atoms with Gasteiger partial charge in [-0.3, -0.25) is 0 Å². The van der Waals surface area contributed by atoms with Gasteiger partial charge in [-0.2, -0.15) is 0 Å². The van der Waals surface area contributed by atoms with Gasteiger partial charge in [0.25, 0.3) is 0 Å². The lowest BCUT2D eigenvalue weighted by molar-refractivity contribution is 0.0177. The molecule has 3 nitrogen and oxygen atoms in total. The molecule has 10 heavy (non-hydrogen) atoms. The minimum atomic E-state index is -0.361. The number of hydrogen-bond acceptors (Lipinski definition) is 3. The molecule has 0 N–H and O–H groups in total. The van der Waals surface area contributed by atoms with E-state index in [0.29, 0.717) is 19.8 Å². The molecule has 62 valence electrons. The van der Waals surface area contributed by atoms with Crippen molar-refractivity contribution < 1.29 is 14.2 Å². The third-order valence-corrected chi connectivity index (χ3v) is 1.14. The van der Waals surface area contributed by atoms with E-state index in [0.717, 1.165) is 0 Å². The summed E-state index contributed by atoms with van der Waals surface area (Å²) in [5.74, 6) is 0. The molecule has 0 saturated heterocycles. The van der Waals surface area contributed by atoms with Gasteiger partial charge in [0.05, 0.1) is 19.8 Å². The van der Waals surface area contributed by atoms with E-state index in [2.05, 4.69) is 0 Å². The molecule has 0 heterocycles. The Morgan fingerprint density at radius 1 is 1.20 bits per heavy atom. The molecule has 0 radical (unpaired) electrons. The summed E-state index contributed by atoms with van der Waals surface area (Å²) < 4.78 is 14.5. The first-order valence-corrected chi connectivity index (χ1v) is 3.48. The molecule has 0 rings (SSSR count). The standard InChI is InChI=1S/C6H13ClO3/c1-8-3-4-10-6(7)5-9-2/h6H,3-5H2,1-2H3. The highest BCUT2D eigenvalue weighted by molar-refractivity contribution is 6.19. The Morgan fingerprint density at radius 3 is 2.40 bits per heavy atom. The van der Waals surface area contributed by atoms with Crippen molar-refractivity contribution in [3.05, 3.63) is 0 Å². The molecule has 0 spiro atoms. The van der Waals surface area contributed by atoms with Gasteiger partial charge in [-0.1, -0.05) is 11.6 Å². The van der Waals surface area contributed by atoms with Crippen LogP contribution in [0.5, 0.6) is 0 Å². The van der Waals surface area contributed by atoms with Crippen LogP contribution in [-0.4, -0.2) is 39.6 Å². The summed E-state index contributed by atoms with van der Waals surface area (Å²) in [6.45, 7) is 1.48. The van der Waals surface area contributed by atoms with E-state index in [-0.39, 0.29) is 5.56 Å². The van der Waals surface area contributed by atoms with Gasteiger partial charge >= 0.3 is 0 Å². The van der Waals surface area contributed by atoms with Gasteiger partial charge in [0.2, 0.25) is 0 Å². The number of halogens is 1. The summed E-state index contributed by atoms with van der Waals surface area (Å²) in [6.07, 6.45) is 0. The van der Waals surface area contributed by atoms with E-state index in [1.807, 2.05) is 0 Å². The second-order valence-corrected chi connectivity index (χ2v) is 2.22. The zero-order chi connectivity index (χ0) is 7.82. The van der Waals surface area contributed by atoms with Crippen molar-refractivity contribution in [1.29, 1.82) is 0 Å². The van der Waals surface area contributed by atoms with E-state index in [1.165, 1.54) is 0 Å². The monoisotopic (exact) mass is 168 g/mol. The molecule has 1 unspecified atom stereocenters. The molecule has 0 fully saturated rings. The first-order valence-electron chi connectivity index (χ1n) is 3.04. The predicted molar refractivity (Wildman–Crippen MR) is 39.3 cm³/mol. The molecule has 0 aliphatic rings. The number of ether oxygens (including phenoxy) is 3. The molecule has 0 aromatic rings. The number of hydrogen-bond donors (Lipinski definition) is 0. The summed E-state index contributed by atoms with van der Waals surface area (Å²) >= 11 is 5.61. The van der Waals surface area contributed by atoms with Crippen LogP contribution in [0, 0.1) is 0 Å². The SMILES string of the molecule is COCCOC(Cl)COC. The fourth-order valence-corrected chi connectivity index (χ4v) is 0.654. The largest absolute Gasteiger partial charge is 0.382 e. The van der Waals surface area contributed by atoms with E-state index in [4.69, 9.17) is 25.8 Å². The number of alkyl halides is 1. The number of rotatable bonds is 6. The van der Waals surface area contributed by atoms with Gasteiger partial charge in [0, 0.05) is 14.2 Å². The molecule has 0 amide bonds. The Kier molecular flexibility index (Phi) is 7.40. The van der Waals surface area contributed by atoms with Crippen LogP contribution >= 0.6 is 11.6 Å². The van der Waals surface area contributed by atoms with Crippen molar-refractivity contribution >= 4 is 11.6 Å². The fourth-order valence-electron chi connectivity index (χ4n) is 0.438. The van der Waals surface area contributed by atoms with Crippen LogP contribution in [0.15, 0.2) is 0 Å². The van der Waals surface area contributed by atoms with Gasteiger partial charge in [0.15, 0.2) is 5.56 Å². The molecule has 0 aliphatic heterocycles. The van der Waals surface area contributed by atoms with E-state index in [1.54, 1.807) is 14.2 Å². The normalized spacial score (nSPS) is 13.5. The lowest BCUT2D eigenvalue weighted by Crippen LogP contribution is -2.14. The van der Waals surface area contributed by atoms with Crippen molar-refractivity contribution in [3.63, 3.8) is 0 Å². The van der Waals surface area contributed by atoms with E-state index < -0.39 is 0 Å². The molecule has 0 aromatic carbocycles. The average molecular weight is 169 g/mol. The van der Waals surface area contributed by atoms with Gasteiger partial charge in [0.1, 0.15) is 0 Å². The van der Waals surface area contributed by atoms with Crippen molar-refractivity contribution in [1.82, 2.24) is 0 Å². The predicted octanol–water partition coefficient (Wildman–Crippen LogP) is 0.861. The molecule has 1 atom stereocenters. The molecular formula is C6H13ClO3. The fraction of sp³-hybridized carbons (Fsp3) is 1.00. The molecule has 0 bridgehead atoms. The van der Waals surface area contributed by atoms with Gasteiger partial charge in [-0.25, -0.2) is 0 Å². The van der Waals surface area contributed by atoms with E-state index >= 15 is 0 Å². The third-order valence-electron chi connectivity index (χ3n) is 0.884. The van der Waals surface area contributed by atoms with Gasteiger partial charge < -0.3 is 14.2 Å². The van der Waals surface area contributed by atoms with Crippen LogP contribution in [0.4, 0.5) is 0 Å². The summed E-state index contributed by atoms with van der Waals surface area (Å²) in [4.78, 5) is 0.